The molecule has 0 aliphatic rings. The number of Topliss-reactive ketones (excluding diaryl/α,β-unsaturated/α-hetero) is 1. The maximum atomic E-state index is 11.5. The fourth-order valence-corrected chi connectivity index (χ4v) is 1.36. The monoisotopic (exact) mass is 180 g/mol. The van der Waals surface area contributed by atoms with E-state index in [0.29, 0.717) is 12.2 Å². The minimum Gasteiger partial charge on any atom is -0.298 e. The molecule has 0 aromatic rings. The van der Waals surface area contributed by atoms with E-state index in [0.717, 1.165) is 19.3 Å². The summed E-state index contributed by atoms with van der Waals surface area (Å²) in [7, 11) is 0. The standard InChI is InChI=1S/C12H20O/c1-4-7-9-11(6-3)12(13)10-8-5-2/h11H,4,6-7,9-10H2,1-3H3. The Morgan fingerprint density at radius 3 is 2.54 bits per heavy atom. The molecular weight excluding hydrogens is 160 g/mol. The van der Waals surface area contributed by atoms with Crippen LogP contribution >= 0.6 is 0 Å². The summed E-state index contributed by atoms with van der Waals surface area (Å²) in [6.07, 6.45) is 4.77. The van der Waals surface area contributed by atoms with Gasteiger partial charge in [0, 0.05) is 5.92 Å². The van der Waals surface area contributed by atoms with Gasteiger partial charge in [-0.3, -0.25) is 4.79 Å². The summed E-state index contributed by atoms with van der Waals surface area (Å²) >= 11 is 0. The van der Waals surface area contributed by atoms with Crippen LogP contribution in [-0.4, -0.2) is 5.78 Å². The second-order valence-electron chi connectivity index (χ2n) is 3.32. The van der Waals surface area contributed by atoms with Gasteiger partial charge in [-0.1, -0.05) is 32.6 Å². The number of carbonyl (C=O) groups excluding carboxylic acids is 1. The van der Waals surface area contributed by atoms with Crippen molar-refractivity contribution in [2.45, 2.75) is 52.9 Å². The normalized spacial score (nSPS) is 11.6. The molecule has 13 heavy (non-hydrogen) atoms. The van der Waals surface area contributed by atoms with Gasteiger partial charge >= 0.3 is 0 Å². The highest BCUT2D eigenvalue weighted by Gasteiger charge is 2.13. The summed E-state index contributed by atoms with van der Waals surface area (Å²) in [6, 6.07) is 0. The van der Waals surface area contributed by atoms with E-state index in [1.54, 1.807) is 6.92 Å². The van der Waals surface area contributed by atoms with E-state index in [1.165, 1.54) is 6.42 Å². The fourth-order valence-electron chi connectivity index (χ4n) is 1.36. The van der Waals surface area contributed by atoms with Gasteiger partial charge in [-0.25, -0.2) is 0 Å². The van der Waals surface area contributed by atoms with Crippen LogP contribution < -0.4 is 0 Å². The second kappa shape index (κ2) is 7.86. The van der Waals surface area contributed by atoms with Crippen molar-refractivity contribution < 1.29 is 4.79 Å². The number of ketones is 1. The average Bonchev–Trinajstić information content (AvgIpc) is 2.16. The molecule has 1 atom stereocenters. The summed E-state index contributed by atoms with van der Waals surface area (Å²) in [5.74, 6) is 6.18. The van der Waals surface area contributed by atoms with Gasteiger partial charge in [-0.15, -0.1) is 5.92 Å². The predicted octanol–water partition coefficient (Wildman–Crippen LogP) is 3.19. The molecular formula is C12H20O. The van der Waals surface area contributed by atoms with Gasteiger partial charge in [0.05, 0.1) is 6.42 Å². The Labute approximate surface area is 81.9 Å². The van der Waals surface area contributed by atoms with E-state index in [2.05, 4.69) is 25.7 Å². The summed E-state index contributed by atoms with van der Waals surface area (Å²) in [5.41, 5.74) is 0. The van der Waals surface area contributed by atoms with Gasteiger partial charge in [0.1, 0.15) is 5.78 Å². The maximum Gasteiger partial charge on any atom is 0.147 e. The minimum atomic E-state index is 0.251. The molecule has 0 rings (SSSR count). The Morgan fingerprint density at radius 1 is 1.38 bits per heavy atom. The van der Waals surface area contributed by atoms with Crippen LogP contribution in [0.5, 0.6) is 0 Å². The lowest BCUT2D eigenvalue weighted by atomic mass is 9.93. The van der Waals surface area contributed by atoms with E-state index >= 15 is 0 Å². The maximum absolute atomic E-state index is 11.5. The zero-order valence-electron chi connectivity index (χ0n) is 9.02. The quantitative estimate of drug-likeness (QED) is 0.574. The Balaban J connectivity index is 3.89. The van der Waals surface area contributed by atoms with Crippen molar-refractivity contribution >= 4 is 5.78 Å². The number of rotatable bonds is 6. The van der Waals surface area contributed by atoms with Crippen molar-refractivity contribution in [3.8, 4) is 11.8 Å². The molecule has 0 amide bonds. The van der Waals surface area contributed by atoms with Crippen molar-refractivity contribution in [3.05, 3.63) is 0 Å². The van der Waals surface area contributed by atoms with Crippen LogP contribution in [0, 0.1) is 17.8 Å². The molecule has 1 unspecified atom stereocenters. The smallest absolute Gasteiger partial charge is 0.147 e. The van der Waals surface area contributed by atoms with Crippen molar-refractivity contribution in [1.82, 2.24) is 0 Å². The third-order valence-corrected chi connectivity index (χ3v) is 2.29. The highest BCUT2D eigenvalue weighted by atomic mass is 16.1. The van der Waals surface area contributed by atoms with Crippen molar-refractivity contribution in [2.75, 3.05) is 0 Å². The van der Waals surface area contributed by atoms with Crippen molar-refractivity contribution in [2.24, 2.45) is 5.92 Å². The Morgan fingerprint density at radius 2 is 2.08 bits per heavy atom. The molecule has 0 bridgehead atoms. The first-order valence-electron chi connectivity index (χ1n) is 5.18. The van der Waals surface area contributed by atoms with E-state index in [9.17, 15) is 4.79 Å². The number of unbranched alkanes of at least 4 members (excludes halogenated alkanes) is 1. The molecule has 0 N–H and O–H groups in total. The lowest BCUT2D eigenvalue weighted by Crippen LogP contribution is -2.12. The molecule has 0 saturated heterocycles. The first-order chi connectivity index (χ1) is 6.26. The van der Waals surface area contributed by atoms with E-state index < -0.39 is 0 Å². The molecule has 0 spiro atoms. The zero-order chi connectivity index (χ0) is 10.1. The van der Waals surface area contributed by atoms with Crippen LogP contribution in [0.3, 0.4) is 0 Å². The van der Waals surface area contributed by atoms with Crippen LogP contribution in [0.15, 0.2) is 0 Å². The summed E-state index contributed by atoms with van der Waals surface area (Å²) in [5, 5.41) is 0. The van der Waals surface area contributed by atoms with Gasteiger partial charge in [0.25, 0.3) is 0 Å². The fraction of sp³-hybridized carbons (Fsp3) is 0.750. The molecule has 0 aliphatic heterocycles. The van der Waals surface area contributed by atoms with Crippen LogP contribution in [0.4, 0.5) is 0 Å². The summed E-state index contributed by atoms with van der Waals surface area (Å²) in [4.78, 5) is 11.5. The molecule has 0 aromatic heterocycles. The molecule has 1 nitrogen and oxygen atoms in total. The lowest BCUT2D eigenvalue weighted by Gasteiger charge is -2.10. The van der Waals surface area contributed by atoms with Crippen LogP contribution in [0.25, 0.3) is 0 Å². The number of hydrogen-bond acceptors (Lipinski definition) is 1. The molecule has 0 aliphatic carbocycles. The number of carbonyl (C=O) groups is 1. The van der Waals surface area contributed by atoms with Gasteiger partial charge in [0.2, 0.25) is 0 Å². The number of hydrogen-bond donors (Lipinski definition) is 0. The van der Waals surface area contributed by atoms with Crippen molar-refractivity contribution in [3.63, 3.8) is 0 Å². The van der Waals surface area contributed by atoms with Crippen LogP contribution in [0.2, 0.25) is 0 Å². The van der Waals surface area contributed by atoms with Crippen molar-refractivity contribution in [1.29, 1.82) is 0 Å². The SMILES string of the molecule is CC#CCC(=O)C(CC)CCCC. The topological polar surface area (TPSA) is 17.1 Å². The van der Waals surface area contributed by atoms with E-state index in [1.807, 2.05) is 0 Å². The minimum absolute atomic E-state index is 0.251. The Kier molecular flexibility index (Phi) is 7.39. The molecule has 0 saturated carbocycles. The van der Waals surface area contributed by atoms with Crippen LogP contribution in [-0.2, 0) is 4.79 Å². The second-order valence-corrected chi connectivity index (χ2v) is 3.32. The zero-order valence-corrected chi connectivity index (χ0v) is 9.02. The average molecular weight is 180 g/mol. The predicted molar refractivity (Wildman–Crippen MR) is 56.4 cm³/mol. The third kappa shape index (κ3) is 5.47. The first kappa shape index (κ1) is 12.2. The van der Waals surface area contributed by atoms with Crippen LogP contribution in [0.1, 0.15) is 52.9 Å². The first-order valence-corrected chi connectivity index (χ1v) is 5.18. The third-order valence-electron chi connectivity index (χ3n) is 2.29. The van der Waals surface area contributed by atoms with E-state index in [-0.39, 0.29) is 5.92 Å². The van der Waals surface area contributed by atoms with Gasteiger partial charge < -0.3 is 0 Å². The molecule has 0 radical (unpaired) electrons. The largest absolute Gasteiger partial charge is 0.298 e. The van der Waals surface area contributed by atoms with Gasteiger partial charge in [-0.2, -0.15) is 0 Å². The van der Waals surface area contributed by atoms with E-state index in [4.69, 9.17) is 0 Å². The van der Waals surface area contributed by atoms with Gasteiger partial charge in [-0.05, 0) is 19.8 Å². The molecule has 0 heterocycles. The highest BCUT2D eigenvalue weighted by molar-refractivity contribution is 5.83. The lowest BCUT2D eigenvalue weighted by molar-refractivity contribution is -0.122. The summed E-state index contributed by atoms with van der Waals surface area (Å²) < 4.78 is 0. The molecule has 74 valence electrons. The highest BCUT2D eigenvalue weighted by Crippen LogP contribution is 2.14. The molecule has 0 fully saturated rings. The Hall–Kier alpha value is -0.770. The summed E-state index contributed by atoms with van der Waals surface area (Å²) in [6.45, 7) is 6.01. The molecule has 0 aromatic carbocycles. The van der Waals surface area contributed by atoms with Gasteiger partial charge in [0.15, 0.2) is 0 Å². The molecule has 1 heteroatoms. The Bertz CT molecular complexity index is 195.